The summed E-state index contributed by atoms with van der Waals surface area (Å²) in [5.74, 6) is -2.72. The maximum absolute atomic E-state index is 13.8. The van der Waals surface area contributed by atoms with Crippen LogP contribution in [0.1, 0.15) is 44.4 Å². The van der Waals surface area contributed by atoms with E-state index < -0.39 is 47.9 Å². The number of carbonyl (C=O) groups excluding carboxylic acids is 3. The molecule has 4 rings (SSSR count). The molecule has 0 spiro atoms. The molecule has 1 fully saturated rings. The average molecular weight is 552 g/mol. The minimum Gasteiger partial charge on any atom is -0.480 e. The SMILES string of the molecule is CCC(C)C(N)C(=O)NC(Cc1c[nH]c2ccccc12)C(=O)NC(Cc1cnc[nH]1)C(=O)N1CCCC1C(=O)O. The van der Waals surface area contributed by atoms with E-state index in [0.717, 1.165) is 16.5 Å². The molecule has 3 aromatic rings. The first-order valence-corrected chi connectivity index (χ1v) is 13.6. The van der Waals surface area contributed by atoms with Crippen LogP contribution in [-0.2, 0) is 32.0 Å². The van der Waals surface area contributed by atoms with Crippen molar-refractivity contribution in [1.29, 1.82) is 0 Å². The highest BCUT2D eigenvalue weighted by Gasteiger charge is 2.39. The second-order valence-corrected chi connectivity index (χ2v) is 10.4. The van der Waals surface area contributed by atoms with Crippen molar-refractivity contribution in [2.75, 3.05) is 6.54 Å². The van der Waals surface area contributed by atoms with E-state index in [2.05, 4.69) is 25.6 Å². The Morgan fingerprint density at radius 3 is 2.58 bits per heavy atom. The van der Waals surface area contributed by atoms with E-state index in [1.165, 1.54) is 11.2 Å². The van der Waals surface area contributed by atoms with Crippen LogP contribution >= 0.6 is 0 Å². The van der Waals surface area contributed by atoms with Gasteiger partial charge in [-0.05, 0) is 30.4 Å². The third-order valence-electron chi connectivity index (χ3n) is 7.71. The quantitative estimate of drug-likeness (QED) is 0.194. The molecule has 12 nitrogen and oxygen atoms in total. The second-order valence-electron chi connectivity index (χ2n) is 10.4. The number of carbonyl (C=O) groups is 4. The third kappa shape index (κ3) is 6.50. The Labute approximate surface area is 232 Å². The predicted octanol–water partition coefficient (Wildman–Crippen LogP) is 1.09. The number of H-pyrrole nitrogens is 2. The highest BCUT2D eigenvalue weighted by atomic mass is 16.4. The molecule has 0 aliphatic carbocycles. The van der Waals surface area contributed by atoms with Crippen LogP contribution in [-0.4, -0.2) is 79.4 Å². The number of carboxylic acid groups (broad SMARTS) is 1. The molecule has 2 aromatic heterocycles. The van der Waals surface area contributed by atoms with Crippen LogP contribution in [0.2, 0.25) is 0 Å². The van der Waals surface area contributed by atoms with Gasteiger partial charge in [-0.2, -0.15) is 0 Å². The van der Waals surface area contributed by atoms with Gasteiger partial charge in [-0.15, -0.1) is 0 Å². The summed E-state index contributed by atoms with van der Waals surface area (Å²) in [6.45, 7) is 4.08. The number of aliphatic carboxylic acids is 1. The molecule has 7 N–H and O–H groups in total. The molecule has 1 aliphatic rings. The number of para-hydroxylation sites is 1. The number of fused-ring (bicyclic) bond motifs is 1. The first kappa shape index (κ1) is 28.8. The molecule has 5 unspecified atom stereocenters. The number of rotatable bonds is 12. The number of hydrogen-bond donors (Lipinski definition) is 6. The first-order chi connectivity index (χ1) is 19.2. The Morgan fingerprint density at radius 2 is 1.88 bits per heavy atom. The molecular weight excluding hydrogens is 514 g/mol. The number of carboxylic acids is 1. The van der Waals surface area contributed by atoms with Crippen LogP contribution < -0.4 is 16.4 Å². The first-order valence-electron chi connectivity index (χ1n) is 13.6. The van der Waals surface area contributed by atoms with Crippen molar-refractivity contribution in [2.24, 2.45) is 11.7 Å². The molecule has 0 saturated carbocycles. The number of benzene rings is 1. The molecule has 0 bridgehead atoms. The van der Waals surface area contributed by atoms with Crippen LogP contribution in [0.4, 0.5) is 0 Å². The number of aromatic amines is 2. The summed E-state index contributed by atoms with van der Waals surface area (Å²) in [6, 6.07) is 3.75. The van der Waals surface area contributed by atoms with Gasteiger partial charge in [-0.25, -0.2) is 9.78 Å². The zero-order chi connectivity index (χ0) is 28.8. The maximum atomic E-state index is 13.8. The fraction of sp³-hybridized carbons (Fsp3) is 0.464. The molecule has 40 heavy (non-hydrogen) atoms. The Hall–Kier alpha value is -4.19. The molecule has 1 saturated heterocycles. The number of nitrogens with one attached hydrogen (secondary N) is 4. The Balaban J connectivity index is 1.60. The van der Waals surface area contributed by atoms with Crippen LogP contribution in [0.3, 0.4) is 0 Å². The molecular formula is C28H37N7O5. The Kier molecular flexibility index (Phi) is 9.20. The Bertz CT molecular complexity index is 1340. The fourth-order valence-corrected chi connectivity index (χ4v) is 5.09. The standard InChI is InChI=1S/C28H37N7O5/c1-3-16(2)24(29)26(37)33-21(11-17-13-31-20-8-5-4-7-19(17)20)25(36)34-22(12-18-14-30-15-32-18)27(38)35-10-6-9-23(35)28(39)40/h4-5,7-8,13-16,21-24,31H,3,6,9-12,29H2,1-2H3,(H,30,32)(H,33,37)(H,34,36)(H,39,40). The van der Waals surface area contributed by atoms with Gasteiger partial charge < -0.3 is 36.3 Å². The summed E-state index contributed by atoms with van der Waals surface area (Å²) in [7, 11) is 0. The van der Waals surface area contributed by atoms with Gasteiger partial charge in [-0.3, -0.25) is 14.4 Å². The summed E-state index contributed by atoms with van der Waals surface area (Å²) in [6.07, 6.45) is 6.62. The van der Waals surface area contributed by atoms with Gasteiger partial charge in [0.25, 0.3) is 0 Å². The van der Waals surface area contributed by atoms with Crippen molar-refractivity contribution in [3.8, 4) is 0 Å². The summed E-state index contributed by atoms with van der Waals surface area (Å²) in [5.41, 5.74) is 8.47. The van der Waals surface area contributed by atoms with Gasteiger partial charge in [0.2, 0.25) is 17.7 Å². The second kappa shape index (κ2) is 12.8. The lowest BCUT2D eigenvalue weighted by Crippen LogP contribution is -2.58. The molecule has 1 aliphatic heterocycles. The molecule has 0 radical (unpaired) electrons. The Morgan fingerprint density at radius 1 is 1.12 bits per heavy atom. The van der Waals surface area contributed by atoms with E-state index in [1.807, 2.05) is 38.1 Å². The molecule has 214 valence electrons. The monoisotopic (exact) mass is 551 g/mol. The van der Waals surface area contributed by atoms with Gasteiger partial charge in [0.15, 0.2) is 0 Å². The van der Waals surface area contributed by atoms with Gasteiger partial charge in [-0.1, -0.05) is 38.5 Å². The van der Waals surface area contributed by atoms with Gasteiger partial charge in [0, 0.05) is 48.4 Å². The smallest absolute Gasteiger partial charge is 0.326 e. The van der Waals surface area contributed by atoms with Gasteiger partial charge in [0.1, 0.15) is 18.1 Å². The summed E-state index contributed by atoms with van der Waals surface area (Å²) in [4.78, 5) is 63.6. The van der Waals surface area contributed by atoms with E-state index in [-0.39, 0.29) is 25.3 Å². The van der Waals surface area contributed by atoms with Crippen LogP contribution in [0.15, 0.2) is 43.0 Å². The minimum atomic E-state index is -1.08. The number of amides is 3. The predicted molar refractivity (Wildman–Crippen MR) is 148 cm³/mol. The third-order valence-corrected chi connectivity index (χ3v) is 7.71. The molecule has 12 heteroatoms. The van der Waals surface area contributed by atoms with E-state index in [1.54, 1.807) is 12.4 Å². The van der Waals surface area contributed by atoms with Crippen molar-refractivity contribution in [1.82, 2.24) is 30.5 Å². The summed E-state index contributed by atoms with van der Waals surface area (Å²) < 4.78 is 0. The lowest BCUT2D eigenvalue weighted by Gasteiger charge is -2.29. The number of likely N-dealkylation sites (tertiary alicyclic amines) is 1. The molecule has 3 heterocycles. The van der Waals surface area contributed by atoms with Crippen LogP contribution in [0, 0.1) is 5.92 Å². The zero-order valence-electron chi connectivity index (χ0n) is 22.7. The minimum absolute atomic E-state index is 0.0769. The van der Waals surface area contributed by atoms with Crippen molar-refractivity contribution >= 4 is 34.6 Å². The highest BCUT2D eigenvalue weighted by molar-refractivity contribution is 5.95. The number of imidazole rings is 1. The molecule has 5 atom stereocenters. The van der Waals surface area contributed by atoms with Crippen LogP contribution in [0.5, 0.6) is 0 Å². The summed E-state index contributed by atoms with van der Waals surface area (Å²) >= 11 is 0. The van der Waals surface area contributed by atoms with Crippen molar-refractivity contribution in [2.45, 2.75) is 70.1 Å². The van der Waals surface area contributed by atoms with Crippen molar-refractivity contribution in [3.63, 3.8) is 0 Å². The number of hydrogen-bond acceptors (Lipinski definition) is 6. The topological polar surface area (TPSA) is 186 Å². The van der Waals surface area contributed by atoms with E-state index in [4.69, 9.17) is 5.73 Å². The number of nitrogens with zero attached hydrogens (tertiary/aromatic N) is 2. The lowest BCUT2D eigenvalue weighted by atomic mass is 9.98. The van der Waals surface area contributed by atoms with Gasteiger partial charge >= 0.3 is 5.97 Å². The van der Waals surface area contributed by atoms with Crippen LogP contribution in [0.25, 0.3) is 10.9 Å². The van der Waals surface area contributed by atoms with Crippen molar-refractivity contribution in [3.05, 3.63) is 54.2 Å². The normalized spacial score (nSPS) is 18.2. The van der Waals surface area contributed by atoms with E-state index in [9.17, 15) is 24.3 Å². The number of nitrogens with two attached hydrogens (primary N) is 1. The molecule has 1 aromatic carbocycles. The van der Waals surface area contributed by atoms with E-state index >= 15 is 0 Å². The lowest BCUT2D eigenvalue weighted by molar-refractivity contribution is -0.149. The van der Waals surface area contributed by atoms with Gasteiger partial charge in [0.05, 0.1) is 12.4 Å². The van der Waals surface area contributed by atoms with E-state index in [0.29, 0.717) is 25.0 Å². The fourth-order valence-electron chi connectivity index (χ4n) is 5.09. The molecule has 3 amide bonds. The number of aromatic nitrogens is 3. The van der Waals surface area contributed by atoms with Crippen molar-refractivity contribution < 1.29 is 24.3 Å². The zero-order valence-corrected chi connectivity index (χ0v) is 22.7. The average Bonchev–Trinajstić information content (AvgIpc) is 3.72. The summed E-state index contributed by atoms with van der Waals surface area (Å²) in [5, 5.41) is 16.1. The highest BCUT2D eigenvalue weighted by Crippen LogP contribution is 2.21. The maximum Gasteiger partial charge on any atom is 0.326 e. The largest absolute Gasteiger partial charge is 0.480 e.